The number of hydrogen-bond donors (Lipinski definition) is 1. The van der Waals surface area contributed by atoms with Crippen LogP contribution in [0.3, 0.4) is 0 Å². The van der Waals surface area contributed by atoms with Crippen LogP contribution in [0.2, 0.25) is 0 Å². The molecule has 3 heteroatoms. The molecule has 2 unspecified atom stereocenters. The van der Waals surface area contributed by atoms with Crippen molar-refractivity contribution in [3.8, 4) is 0 Å². The Morgan fingerprint density at radius 1 is 1.35 bits per heavy atom. The molecule has 1 aliphatic rings. The minimum Gasteiger partial charge on any atom is -0.317 e. The van der Waals surface area contributed by atoms with Gasteiger partial charge in [-0.25, -0.2) is 8.78 Å². The van der Waals surface area contributed by atoms with E-state index in [4.69, 9.17) is 0 Å². The van der Waals surface area contributed by atoms with Crippen LogP contribution in [-0.4, -0.2) is 19.0 Å². The second-order valence-corrected chi connectivity index (χ2v) is 5.54. The minimum atomic E-state index is -2.40. The zero-order valence-electron chi connectivity index (χ0n) is 11.3. The third-order valence-electron chi connectivity index (χ3n) is 3.92. The summed E-state index contributed by atoms with van der Waals surface area (Å²) in [4.78, 5) is 0. The Morgan fingerprint density at radius 3 is 2.71 bits per heavy atom. The van der Waals surface area contributed by atoms with Gasteiger partial charge in [0.05, 0.1) is 0 Å². The smallest absolute Gasteiger partial charge is 0.248 e. The van der Waals surface area contributed by atoms with Crippen molar-refractivity contribution in [2.45, 2.75) is 76.7 Å². The van der Waals surface area contributed by atoms with Crippen LogP contribution in [0.15, 0.2) is 0 Å². The first-order chi connectivity index (χ1) is 8.07. The van der Waals surface area contributed by atoms with Gasteiger partial charge < -0.3 is 5.32 Å². The van der Waals surface area contributed by atoms with Crippen LogP contribution in [0, 0.1) is 5.92 Å². The average molecular weight is 247 g/mol. The lowest BCUT2D eigenvalue weighted by molar-refractivity contribution is -0.0548. The van der Waals surface area contributed by atoms with Crippen molar-refractivity contribution in [2.75, 3.05) is 7.05 Å². The van der Waals surface area contributed by atoms with E-state index in [9.17, 15) is 8.78 Å². The largest absolute Gasteiger partial charge is 0.317 e. The number of hydrogen-bond acceptors (Lipinski definition) is 1. The summed E-state index contributed by atoms with van der Waals surface area (Å²) in [5.41, 5.74) is 0. The predicted molar refractivity (Wildman–Crippen MR) is 68.5 cm³/mol. The van der Waals surface area contributed by atoms with Gasteiger partial charge >= 0.3 is 0 Å². The van der Waals surface area contributed by atoms with Crippen molar-refractivity contribution in [2.24, 2.45) is 5.92 Å². The summed E-state index contributed by atoms with van der Waals surface area (Å²) in [6, 6.07) is 0.431. The maximum Gasteiger partial charge on any atom is 0.248 e. The number of alkyl halides is 2. The van der Waals surface area contributed by atoms with E-state index in [1.165, 1.54) is 19.3 Å². The van der Waals surface area contributed by atoms with E-state index >= 15 is 0 Å². The first-order valence-electron chi connectivity index (χ1n) is 7.12. The molecule has 2 atom stereocenters. The molecule has 0 bridgehead atoms. The summed E-state index contributed by atoms with van der Waals surface area (Å²) in [5, 5.41) is 3.29. The van der Waals surface area contributed by atoms with Gasteiger partial charge in [0.15, 0.2) is 0 Å². The summed E-state index contributed by atoms with van der Waals surface area (Å²) >= 11 is 0. The molecule has 0 aromatic carbocycles. The van der Waals surface area contributed by atoms with Crippen molar-refractivity contribution in [1.82, 2.24) is 5.32 Å². The van der Waals surface area contributed by atoms with Crippen LogP contribution in [0.1, 0.15) is 64.7 Å². The van der Waals surface area contributed by atoms with Gasteiger partial charge in [0.1, 0.15) is 0 Å². The van der Waals surface area contributed by atoms with Crippen molar-refractivity contribution >= 4 is 0 Å². The summed E-state index contributed by atoms with van der Waals surface area (Å²) < 4.78 is 26.6. The summed E-state index contributed by atoms with van der Waals surface area (Å²) in [6.07, 6.45) is 7.64. The lowest BCUT2D eigenvalue weighted by atomic mass is 9.82. The van der Waals surface area contributed by atoms with E-state index in [2.05, 4.69) is 12.2 Å². The van der Waals surface area contributed by atoms with Crippen LogP contribution in [0.4, 0.5) is 8.78 Å². The van der Waals surface area contributed by atoms with Crippen LogP contribution in [0.25, 0.3) is 0 Å². The van der Waals surface area contributed by atoms with E-state index in [1.807, 2.05) is 7.05 Å². The second-order valence-electron chi connectivity index (χ2n) is 5.54. The molecular formula is C14H27F2N. The van der Waals surface area contributed by atoms with Crippen molar-refractivity contribution in [3.05, 3.63) is 0 Å². The predicted octanol–water partition coefficient (Wildman–Crippen LogP) is 4.37. The van der Waals surface area contributed by atoms with E-state index in [1.54, 1.807) is 0 Å². The molecule has 1 fully saturated rings. The number of nitrogens with one attached hydrogen (secondary N) is 1. The molecule has 102 valence electrons. The fourth-order valence-electron chi connectivity index (χ4n) is 2.90. The highest BCUT2D eigenvalue weighted by Gasteiger charge is 2.36. The zero-order valence-corrected chi connectivity index (χ0v) is 11.3. The Balaban J connectivity index is 2.29. The maximum absolute atomic E-state index is 13.3. The SMILES string of the molecule is CCCCCC(CC1CCCC(F)(F)C1)NC. The standard InChI is InChI=1S/C14H27F2N/c1-3-4-5-8-13(17-2)10-12-7-6-9-14(15,16)11-12/h12-13,17H,3-11H2,1-2H3. The molecule has 0 amide bonds. The molecule has 0 radical (unpaired) electrons. The Bertz CT molecular complexity index is 206. The molecule has 17 heavy (non-hydrogen) atoms. The molecule has 1 aliphatic carbocycles. The maximum atomic E-state index is 13.3. The second kappa shape index (κ2) is 7.30. The Hall–Kier alpha value is -0.180. The average Bonchev–Trinajstić information content (AvgIpc) is 2.26. The van der Waals surface area contributed by atoms with Gasteiger partial charge in [-0.2, -0.15) is 0 Å². The first kappa shape index (κ1) is 14.9. The first-order valence-corrected chi connectivity index (χ1v) is 7.12. The molecule has 1 nitrogen and oxygen atoms in total. The molecular weight excluding hydrogens is 220 g/mol. The molecule has 1 saturated carbocycles. The Labute approximate surface area is 104 Å². The van der Waals surface area contributed by atoms with Crippen LogP contribution in [-0.2, 0) is 0 Å². The van der Waals surface area contributed by atoms with Gasteiger partial charge in [-0.1, -0.05) is 26.2 Å². The van der Waals surface area contributed by atoms with Crippen LogP contribution in [0.5, 0.6) is 0 Å². The van der Waals surface area contributed by atoms with Crippen molar-refractivity contribution in [3.63, 3.8) is 0 Å². The van der Waals surface area contributed by atoms with E-state index in [0.717, 1.165) is 19.3 Å². The van der Waals surface area contributed by atoms with E-state index < -0.39 is 5.92 Å². The molecule has 0 aliphatic heterocycles. The fourth-order valence-corrected chi connectivity index (χ4v) is 2.90. The number of halogens is 2. The molecule has 0 heterocycles. The third kappa shape index (κ3) is 5.80. The summed E-state index contributed by atoms with van der Waals surface area (Å²) in [6.45, 7) is 2.19. The van der Waals surface area contributed by atoms with Gasteiger partial charge in [0, 0.05) is 18.9 Å². The van der Waals surface area contributed by atoms with Gasteiger partial charge in [-0.3, -0.25) is 0 Å². The van der Waals surface area contributed by atoms with Gasteiger partial charge in [0.2, 0.25) is 5.92 Å². The lowest BCUT2D eigenvalue weighted by Crippen LogP contribution is -2.33. The van der Waals surface area contributed by atoms with Crippen molar-refractivity contribution in [1.29, 1.82) is 0 Å². The summed E-state index contributed by atoms with van der Waals surface area (Å²) in [7, 11) is 1.96. The molecule has 1 N–H and O–H groups in total. The minimum absolute atomic E-state index is 0.101. The highest BCUT2D eigenvalue weighted by Crippen LogP contribution is 2.38. The Morgan fingerprint density at radius 2 is 2.12 bits per heavy atom. The lowest BCUT2D eigenvalue weighted by Gasteiger charge is -2.31. The van der Waals surface area contributed by atoms with Crippen LogP contribution >= 0.6 is 0 Å². The third-order valence-corrected chi connectivity index (χ3v) is 3.92. The summed E-state index contributed by atoms with van der Waals surface area (Å²) in [5.74, 6) is -2.18. The quantitative estimate of drug-likeness (QED) is 0.659. The van der Waals surface area contributed by atoms with Gasteiger partial charge in [-0.15, -0.1) is 0 Å². The van der Waals surface area contributed by atoms with E-state index in [-0.39, 0.29) is 18.8 Å². The Kier molecular flexibility index (Phi) is 6.39. The molecule has 0 aromatic rings. The number of unbranched alkanes of at least 4 members (excludes halogenated alkanes) is 2. The zero-order chi connectivity index (χ0) is 12.7. The van der Waals surface area contributed by atoms with Crippen molar-refractivity contribution < 1.29 is 8.78 Å². The number of rotatable bonds is 7. The van der Waals surface area contributed by atoms with Crippen LogP contribution < -0.4 is 5.32 Å². The molecule has 0 aromatic heterocycles. The highest BCUT2D eigenvalue weighted by molar-refractivity contribution is 4.81. The monoisotopic (exact) mass is 247 g/mol. The van der Waals surface area contributed by atoms with Gasteiger partial charge in [0.25, 0.3) is 0 Å². The molecule has 1 rings (SSSR count). The topological polar surface area (TPSA) is 12.0 Å². The van der Waals surface area contributed by atoms with E-state index in [0.29, 0.717) is 12.5 Å². The highest BCUT2D eigenvalue weighted by atomic mass is 19.3. The normalized spacial score (nSPS) is 25.8. The van der Waals surface area contributed by atoms with Gasteiger partial charge in [-0.05, 0) is 38.6 Å². The molecule has 0 spiro atoms. The fraction of sp³-hybridized carbons (Fsp3) is 1.00. The molecule has 0 saturated heterocycles.